The number of nitrogens with one attached hydrogen (secondary N) is 2. The Bertz CT molecular complexity index is 920. The molecule has 8 heteroatoms. The van der Waals surface area contributed by atoms with E-state index in [0.29, 0.717) is 23.6 Å². The van der Waals surface area contributed by atoms with E-state index in [9.17, 15) is 9.18 Å². The Morgan fingerprint density at radius 2 is 2.25 bits per heavy atom. The SMILES string of the molecule is O=c1[nH]nc2c(N3CCC(NCc4ccccc4F)C3)nccn12. The fraction of sp³-hybridized carbons (Fsp3) is 0.312. The van der Waals surface area contributed by atoms with E-state index < -0.39 is 0 Å². The van der Waals surface area contributed by atoms with E-state index in [2.05, 4.69) is 25.4 Å². The summed E-state index contributed by atoms with van der Waals surface area (Å²) in [4.78, 5) is 18.1. The van der Waals surface area contributed by atoms with Crippen LogP contribution < -0.4 is 15.9 Å². The second kappa shape index (κ2) is 6.04. The largest absolute Gasteiger partial charge is 0.352 e. The van der Waals surface area contributed by atoms with Crippen molar-refractivity contribution in [2.45, 2.75) is 19.0 Å². The Labute approximate surface area is 137 Å². The summed E-state index contributed by atoms with van der Waals surface area (Å²) < 4.78 is 15.1. The van der Waals surface area contributed by atoms with Crippen LogP contribution >= 0.6 is 0 Å². The third kappa shape index (κ3) is 2.65. The van der Waals surface area contributed by atoms with Gasteiger partial charge in [0.05, 0.1) is 0 Å². The summed E-state index contributed by atoms with van der Waals surface area (Å²) in [5.41, 5.74) is 0.911. The van der Waals surface area contributed by atoms with Gasteiger partial charge in [-0.2, -0.15) is 0 Å². The van der Waals surface area contributed by atoms with Crippen LogP contribution in [0, 0.1) is 5.82 Å². The Morgan fingerprint density at radius 3 is 3.12 bits per heavy atom. The van der Waals surface area contributed by atoms with Crippen molar-refractivity contribution >= 4 is 11.5 Å². The zero-order chi connectivity index (χ0) is 16.5. The summed E-state index contributed by atoms with van der Waals surface area (Å²) in [5, 5.41) is 9.87. The molecule has 0 bridgehead atoms. The monoisotopic (exact) mass is 328 g/mol. The lowest BCUT2D eigenvalue weighted by Crippen LogP contribution is -2.32. The normalized spacial score (nSPS) is 17.7. The number of halogens is 1. The minimum absolute atomic E-state index is 0.192. The highest BCUT2D eigenvalue weighted by Gasteiger charge is 2.25. The van der Waals surface area contributed by atoms with E-state index in [1.165, 1.54) is 10.5 Å². The van der Waals surface area contributed by atoms with E-state index in [1.807, 2.05) is 6.07 Å². The molecule has 4 rings (SSSR count). The van der Waals surface area contributed by atoms with Crippen molar-refractivity contribution < 1.29 is 4.39 Å². The quantitative estimate of drug-likeness (QED) is 0.745. The molecule has 0 spiro atoms. The number of fused-ring (bicyclic) bond motifs is 1. The van der Waals surface area contributed by atoms with Gasteiger partial charge in [-0.15, -0.1) is 5.10 Å². The predicted molar refractivity (Wildman–Crippen MR) is 87.5 cm³/mol. The van der Waals surface area contributed by atoms with E-state index in [0.717, 1.165) is 19.5 Å². The fourth-order valence-corrected chi connectivity index (χ4v) is 3.07. The highest BCUT2D eigenvalue weighted by atomic mass is 19.1. The van der Waals surface area contributed by atoms with Gasteiger partial charge in [-0.1, -0.05) is 18.2 Å². The highest BCUT2D eigenvalue weighted by molar-refractivity contribution is 5.63. The molecule has 2 aromatic heterocycles. The first kappa shape index (κ1) is 14.8. The molecule has 1 unspecified atom stereocenters. The molecule has 0 radical (unpaired) electrons. The number of hydrogen-bond acceptors (Lipinski definition) is 5. The lowest BCUT2D eigenvalue weighted by atomic mass is 10.2. The van der Waals surface area contributed by atoms with Gasteiger partial charge in [0.2, 0.25) is 5.65 Å². The maximum atomic E-state index is 13.7. The van der Waals surface area contributed by atoms with Crippen molar-refractivity contribution in [2.24, 2.45) is 0 Å². The van der Waals surface area contributed by atoms with E-state index in [-0.39, 0.29) is 17.5 Å². The van der Waals surface area contributed by atoms with Gasteiger partial charge in [-0.05, 0) is 12.5 Å². The average Bonchev–Trinajstić information content (AvgIpc) is 3.21. The first-order valence-electron chi connectivity index (χ1n) is 7.86. The minimum atomic E-state index is -0.276. The zero-order valence-electron chi connectivity index (χ0n) is 12.9. The first-order valence-corrected chi connectivity index (χ1v) is 7.86. The van der Waals surface area contributed by atoms with Crippen LogP contribution in [-0.4, -0.2) is 38.7 Å². The number of anilines is 1. The molecule has 0 aliphatic carbocycles. The molecule has 2 N–H and O–H groups in total. The number of aromatic nitrogens is 4. The Balaban J connectivity index is 1.46. The van der Waals surface area contributed by atoms with Gasteiger partial charge in [-0.25, -0.2) is 23.7 Å². The molecule has 1 aromatic carbocycles. The first-order chi connectivity index (χ1) is 11.7. The van der Waals surface area contributed by atoms with Crippen LogP contribution in [0.4, 0.5) is 10.2 Å². The topological polar surface area (TPSA) is 78.3 Å². The van der Waals surface area contributed by atoms with Crippen LogP contribution in [0.2, 0.25) is 0 Å². The number of rotatable bonds is 4. The molecular formula is C16H17FN6O. The summed E-state index contributed by atoms with van der Waals surface area (Å²) in [6.45, 7) is 2.04. The Kier molecular flexibility index (Phi) is 3.73. The number of aromatic amines is 1. The van der Waals surface area contributed by atoms with Crippen LogP contribution in [0.5, 0.6) is 0 Å². The standard InChI is InChI=1S/C16H17FN6O/c17-13-4-2-1-3-11(13)9-19-12-5-7-22(10-12)14-15-20-21-16(24)23(15)8-6-18-14/h1-4,6,8,12,19H,5,7,9-10H2,(H,21,24). The molecular weight excluding hydrogens is 311 g/mol. The van der Waals surface area contributed by atoms with Crippen LogP contribution in [-0.2, 0) is 6.54 Å². The molecule has 124 valence electrons. The molecule has 3 heterocycles. The summed E-state index contributed by atoms with van der Waals surface area (Å²) in [7, 11) is 0. The lowest BCUT2D eigenvalue weighted by Gasteiger charge is -2.18. The van der Waals surface area contributed by atoms with Crippen molar-refractivity contribution in [2.75, 3.05) is 18.0 Å². The van der Waals surface area contributed by atoms with Gasteiger partial charge in [0.15, 0.2) is 5.82 Å². The fourth-order valence-electron chi connectivity index (χ4n) is 3.07. The van der Waals surface area contributed by atoms with Crippen LogP contribution in [0.1, 0.15) is 12.0 Å². The van der Waals surface area contributed by atoms with E-state index >= 15 is 0 Å². The Morgan fingerprint density at radius 1 is 1.38 bits per heavy atom. The van der Waals surface area contributed by atoms with Crippen LogP contribution in [0.25, 0.3) is 5.65 Å². The van der Waals surface area contributed by atoms with Crippen molar-refractivity contribution in [3.05, 3.63) is 58.5 Å². The van der Waals surface area contributed by atoms with Gasteiger partial charge >= 0.3 is 5.69 Å². The highest BCUT2D eigenvalue weighted by Crippen LogP contribution is 2.21. The number of H-pyrrole nitrogens is 1. The minimum Gasteiger partial charge on any atom is -0.352 e. The molecule has 1 aliphatic heterocycles. The molecule has 1 saturated heterocycles. The summed E-state index contributed by atoms with van der Waals surface area (Å²) in [6, 6.07) is 7.01. The van der Waals surface area contributed by atoms with Crippen LogP contribution in [0.3, 0.4) is 0 Å². The van der Waals surface area contributed by atoms with Gasteiger partial charge in [0.1, 0.15) is 5.82 Å². The summed E-state index contributed by atoms with van der Waals surface area (Å²) >= 11 is 0. The second-order valence-electron chi connectivity index (χ2n) is 5.88. The van der Waals surface area contributed by atoms with Gasteiger partial charge in [0.25, 0.3) is 0 Å². The molecule has 7 nitrogen and oxygen atoms in total. The van der Waals surface area contributed by atoms with Gasteiger partial charge < -0.3 is 10.2 Å². The van der Waals surface area contributed by atoms with Crippen molar-refractivity contribution in [1.82, 2.24) is 24.9 Å². The molecule has 1 atom stereocenters. The van der Waals surface area contributed by atoms with Crippen molar-refractivity contribution in [1.29, 1.82) is 0 Å². The maximum absolute atomic E-state index is 13.7. The number of nitrogens with zero attached hydrogens (tertiary/aromatic N) is 4. The smallest absolute Gasteiger partial charge is 0.347 e. The number of hydrogen-bond donors (Lipinski definition) is 2. The molecule has 1 fully saturated rings. The Hall–Kier alpha value is -2.74. The third-order valence-electron chi connectivity index (χ3n) is 4.34. The maximum Gasteiger partial charge on any atom is 0.347 e. The van der Waals surface area contributed by atoms with E-state index in [1.54, 1.807) is 24.5 Å². The predicted octanol–water partition coefficient (Wildman–Crippen LogP) is 0.925. The summed E-state index contributed by atoms with van der Waals surface area (Å²) in [6.07, 6.45) is 4.11. The third-order valence-corrected chi connectivity index (χ3v) is 4.34. The van der Waals surface area contributed by atoms with Crippen molar-refractivity contribution in [3.63, 3.8) is 0 Å². The molecule has 0 saturated carbocycles. The summed E-state index contributed by atoms with van der Waals surface area (Å²) in [5.74, 6) is 0.494. The molecule has 1 aliphatic rings. The van der Waals surface area contributed by atoms with Crippen LogP contribution in [0.15, 0.2) is 41.5 Å². The van der Waals surface area contributed by atoms with Gasteiger partial charge in [-0.3, -0.25) is 0 Å². The van der Waals surface area contributed by atoms with Crippen molar-refractivity contribution in [3.8, 4) is 0 Å². The molecule has 0 amide bonds. The van der Waals surface area contributed by atoms with E-state index in [4.69, 9.17) is 0 Å². The average molecular weight is 328 g/mol. The molecule has 3 aromatic rings. The molecule has 24 heavy (non-hydrogen) atoms. The number of benzene rings is 1. The lowest BCUT2D eigenvalue weighted by molar-refractivity contribution is 0.529. The zero-order valence-corrected chi connectivity index (χ0v) is 12.9. The second-order valence-corrected chi connectivity index (χ2v) is 5.88. The van der Waals surface area contributed by atoms with Gasteiger partial charge in [0, 0.05) is 43.6 Å².